The number of nitrogen functional groups attached to an aromatic ring is 1. The zero-order valence-corrected chi connectivity index (χ0v) is 10.1. The number of rotatable bonds is 2. The number of nitrogens with two attached hydrogens (primary N) is 1. The van der Waals surface area contributed by atoms with E-state index in [-0.39, 0.29) is 0 Å². The van der Waals surface area contributed by atoms with Gasteiger partial charge in [-0.15, -0.1) is 0 Å². The fraction of sp³-hybridized carbons (Fsp3) is 0.333. The van der Waals surface area contributed by atoms with Gasteiger partial charge in [0.25, 0.3) is 0 Å². The zero-order valence-electron chi connectivity index (χ0n) is 8.54. The van der Waals surface area contributed by atoms with Crippen LogP contribution in [-0.4, -0.2) is 6.04 Å². The Balaban J connectivity index is 2.06. The van der Waals surface area contributed by atoms with Crippen molar-refractivity contribution in [1.29, 1.82) is 0 Å². The summed E-state index contributed by atoms with van der Waals surface area (Å²) in [6, 6.07) is 6.49. The maximum atomic E-state index is 5.93. The van der Waals surface area contributed by atoms with Crippen molar-refractivity contribution in [3.63, 3.8) is 0 Å². The number of halogens is 1. The van der Waals surface area contributed by atoms with Gasteiger partial charge in [0, 0.05) is 10.5 Å². The molecule has 1 aromatic carbocycles. The Labute approximate surface area is 98.7 Å². The minimum absolute atomic E-state index is 0.526. The normalized spacial score (nSPS) is 20.2. The van der Waals surface area contributed by atoms with Gasteiger partial charge in [0.05, 0.1) is 11.4 Å². The molecule has 0 heterocycles. The van der Waals surface area contributed by atoms with Crippen LogP contribution in [-0.2, 0) is 0 Å². The zero-order chi connectivity index (χ0) is 10.7. The van der Waals surface area contributed by atoms with Gasteiger partial charge in [-0.05, 0) is 37.5 Å². The van der Waals surface area contributed by atoms with Crippen LogP contribution in [0.3, 0.4) is 0 Å². The molecule has 0 radical (unpaired) electrons. The van der Waals surface area contributed by atoms with Gasteiger partial charge in [-0.25, -0.2) is 0 Å². The van der Waals surface area contributed by atoms with Crippen molar-refractivity contribution >= 4 is 27.3 Å². The molecule has 0 fully saturated rings. The van der Waals surface area contributed by atoms with E-state index < -0.39 is 0 Å². The molecule has 1 aliphatic rings. The molecule has 3 N–H and O–H groups in total. The summed E-state index contributed by atoms with van der Waals surface area (Å²) in [5.74, 6) is 0. The highest BCUT2D eigenvalue weighted by Gasteiger charge is 2.10. The van der Waals surface area contributed by atoms with Crippen LogP contribution in [0.15, 0.2) is 34.8 Å². The third kappa shape index (κ3) is 2.75. The van der Waals surface area contributed by atoms with Crippen LogP contribution in [0, 0.1) is 0 Å². The molecular formula is C12H15BrN2. The Hall–Kier alpha value is -0.960. The van der Waals surface area contributed by atoms with E-state index in [0.29, 0.717) is 6.04 Å². The van der Waals surface area contributed by atoms with Gasteiger partial charge in [0.1, 0.15) is 0 Å². The quantitative estimate of drug-likeness (QED) is 0.635. The Kier molecular flexibility index (Phi) is 3.31. The predicted octanol–water partition coefficient (Wildman–Crippen LogP) is 3.55. The molecule has 3 heteroatoms. The van der Waals surface area contributed by atoms with Crippen LogP contribution in [0.5, 0.6) is 0 Å². The van der Waals surface area contributed by atoms with E-state index in [0.717, 1.165) is 28.7 Å². The Morgan fingerprint density at radius 3 is 2.87 bits per heavy atom. The van der Waals surface area contributed by atoms with Crippen LogP contribution in [0.1, 0.15) is 19.3 Å². The molecule has 0 spiro atoms. The summed E-state index contributed by atoms with van der Waals surface area (Å²) < 4.78 is 1.02. The van der Waals surface area contributed by atoms with Gasteiger partial charge in [-0.1, -0.05) is 28.1 Å². The van der Waals surface area contributed by atoms with E-state index >= 15 is 0 Å². The molecule has 0 saturated heterocycles. The highest BCUT2D eigenvalue weighted by Crippen LogP contribution is 2.25. The van der Waals surface area contributed by atoms with Crippen LogP contribution in [0.2, 0.25) is 0 Å². The van der Waals surface area contributed by atoms with E-state index in [4.69, 9.17) is 5.73 Å². The number of benzene rings is 1. The van der Waals surface area contributed by atoms with Gasteiger partial charge < -0.3 is 11.1 Å². The van der Waals surface area contributed by atoms with Crippen molar-refractivity contribution in [3.05, 3.63) is 34.8 Å². The summed E-state index contributed by atoms with van der Waals surface area (Å²) in [5, 5.41) is 3.48. The number of allylic oxidation sites excluding steroid dienone is 1. The van der Waals surface area contributed by atoms with Crippen molar-refractivity contribution in [2.75, 3.05) is 11.1 Å². The van der Waals surface area contributed by atoms with Gasteiger partial charge in [-0.2, -0.15) is 0 Å². The largest absolute Gasteiger partial charge is 0.397 e. The molecule has 0 aromatic heterocycles. The first-order valence-electron chi connectivity index (χ1n) is 5.22. The van der Waals surface area contributed by atoms with Crippen LogP contribution in [0.25, 0.3) is 0 Å². The molecule has 0 bridgehead atoms. The highest BCUT2D eigenvalue weighted by atomic mass is 79.9. The van der Waals surface area contributed by atoms with Crippen molar-refractivity contribution in [2.45, 2.75) is 25.3 Å². The predicted molar refractivity (Wildman–Crippen MR) is 69.0 cm³/mol. The molecule has 0 amide bonds. The van der Waals surface area contributed by atoms with E-state index in [2.05, 4.69) is 33.4 Å². The fourth-order valence-electron chi connectivity index (χ4n) is 1.81. The van der Waals surface area contributed by atoms with Gasteiger partial charge >= 0.3 is 0 Å². The van der Waals surface area contributed by atoms with Crippen molar-refractivity contribution in [2.24, 2.45) is 0 Å². The third-order valence-electron chi connectivity index (χ3n) is 2.64. The highest BCUT2D eigenvalue weighted by molar-refractivity contribution is 9.10. The maximum absolute atomic E-state index is 5.93. The topological polar surface area (TPSA) is 38.0 Å². The average Bonchev–Trinajstić information content (AvgIpc) is 2.24. The molecule has 1 aromatic rings. The summed E-state index contributed by atoms with van der Waals surface area (Å²) in [4.78, 5) is 0. The van der Waals surface area contributed by atoms with E-state index in [9.17, 15) is 0 Å². The lowest BCUT2D eigenvalue weighted by atomic mass is 10.0. The summed E-state index contributed by atoms with van der Waals surface area (Å²) >= 11 is 3.40. The number of hydrogen-bond donors (Lipinski definition) is 2. The van der Waals surface area contributed by atoms with Crippen molar-refractivity contribution in [1.82, 2.24) is 0 Å². The lowest BCUT2D eigenvalue weighted by Crippen LogP contribution is -2.20. The lowest BCUT2D eigenvalue weighted by Gasteiger charge is -2.21. The smallest absolute Gasteiger partial charge is 0.0576 e. The second-order valence-corrected chi connectivity index (χ2v) is 4.77. The minimum atomic E-state index is 0.526. The van der Waals surface area contributed by atoms with Crippen LogP contribution in [0.4, 0.5) is 11.4 Å². The first-order valence-corrected chi connectivity index (χ1v) is 6.01. The second kappa shape index (κ2) is 4.71. The van der Waals surface area contributed by atoms with E-state index in [1.54, 1.807) is 0 Å². The molecule has 1 unspecified atom stereocenters. The molecule has 0 aliphatic heterocycles. The molecule has 1 atom stereocenters. The van der Waals surface area contributed by atoms with E-state index in [1.165, 1.54) is 6.42 Å². The second-order valence-electron chi connectivity index (χ2n) is 3.86. The summed E-state index contributed by atoms with van der Waals surface area (Å²) in [6.45, 7) is 0. The molecule has 80 valence electrons. The third-order valence-corrected chi connectivity index (χ3v) is 3.14. The SMILES string of the molecule is Nc1cc(Br)ccc1NC1CC=CCC1. The standard InChI is InChI=1S/C12H15BrN2/c13-9-6-7-12(11(14)8-9)15-10-4-2-1-3-5-10/h1-2,6-8,10,15H,3-5,14H2. The Morgan fingerprint density at radius 1 is 1.33 bits per heavy atom. The van der Waals surface area contributed by atoms with Gasteiger partial charge in [0.15, 0.2) is 0 Å². The van der Waals surface area contributed by atoms with Crippen LogP contribution < -0.4 is 11.1 Å². The minimum Gasteiger partial charge on any atom is -0.397 e. The van der Waals surface area contributed by atoms with Crippen molar-refractivity contribution in [3.8, 4) is 0 Å². The fourth-order valence-corrected chi connectivity index (χ4v) is 2.19. The van der Waals surface area contributed by atoms with Gasteiger partial charge in [-0.3, -0.25) is 0 Å². The average molecular weight is 267 g/mol. The van der Waals surface area contributed by atoms with Gasteiger partial charge in [0.2, 0.25) is 0 Å². The van der Waals surface area contributed by atoms with E-state index in [1.807, 2.05) is 18.2 Å². The molecule has 2 nitrogen and oxygen atoms in total. The molecule has 15 heavy (non-hydrogen) atoms. The number of hydrogen-bond acceptors (Lipinski definition) is 2. The Morgan fingerprint density at radius 2 is 2.20 bits per heavy atom. The summed E-state index contributed by atoms with van der Waals surface area (Å²) in [5.41, 5.74) is 7.77. The maximum Gasteiger partial charge on any atom is 0.0576 e. The first kappa shape index (κ1) is 10.6. The molecule has 1 aliphatic carbocycles. The summed E-state index contributed by atoms with van der Waals surface area (Å²) in [7, 11) is 0. The lowest BCUT2D eigenvalue weighted by molar-refractivity contribution is 0.645. The van der Waals surface area contributed by atoms with Crippen LogP contribution >= 0.6 is 15.9 Å². The molecular weight excluding hydrogens is 252 g/mol. The number of nitrogens with one attached hydrogen (secondary N) is 1. The molecule has 0 saturated carbocycles. The Bertz CT molecular complexity index is 374. The first-order chi connectivity index (χ1) is 7.25. The summed E-state index contributed by atoms with van der Waals surface area (Å²) in [6.07, 6.45) is 7.91. The number of anilines is 2. The van der Waals surface area contributed by atoms with Crippen molar-refractivity contribution < 1.29 is 0 Å². The monoisotopic (exact) mass is 266 g/mol. The molecule has 2 rings (SSSR count).